The van der Waals surface area contributed by atoms with Crippen LogP contribution in [0.2, 0.25) is 0 Å². The van der Waals surface area contributed by atoms with Gasteiger partial charge in [-0.05, 0) is 13.0 Å². The summed E-state index contributed by atoms with van der Waals surface area (Å²) in [5, 5.41) is 7.54. The number of nitrogens with one attached hydrogen (secondary N) is 1. The molecule has 1 N–H and O–H groups in total. The fraction of sp³-hybridized carbons (Fsp3) is 0.455. The molecule has 6 heteroatoms. The molecule has 0 saturated carbocycles. The second-order valence-corrected chi connectivity index (χ2v) is 4.00. The largest absolute Gasteiger partial charge is 0.378 e. The highest BCUT2D eigenvalue weighted by atomic mass is 35.5. The van der Waals surface area contributed by atoms with Gasteiger partial charge in [0.25, 0.3) is 0 Å². The molecule has 0 aliphatic heterocycles. The van der Waals surface area contributed by atoms with Crippen LogP contribution in [-0.4, -0.2) is 40.2 Å². The lowest BCUT2D eigenvalue weighted by atomic mass is 10.4. The quantitative estimate of drug-likeness (QED) is 0.630. The van der Waals surface area contributed by atoms with Gasteiger partial charge in [0.15, 0.2) is 5.82 Å². The molecule has 0 aliphatic carbocycles. The summed E-state index contributed by atoms with van der Waals surface area (Å²) in [5.41, 5.74) is 1.95. The third-order valence-electron chi connectivity index (χ3n) is 2.27. The molecule has 0 amide bonds. The second-order valence-electron chi connectivity index (χ2n) is 3.62. The highest BCUT2D eigenvalue weighted by Gasteiger charge is 2.03. The average molecular weight is 255 g/mol. The van der Waals surface area contributed by atoms with E-state index >= 15 is 0 Å². The van der Waals surface area contributed by atoms with Crippen LogP contribution in [0, 0.1) is 6.92 Å². The number of fused-ring (bicyclic) bond motifs is 1. The second kappa shape index (κ2) is 5.84. The molecule has 2 rings (SSSR count). The Hall–Kier alpha value is -1.33. The summed E-state index contributed by atoms with van der Waals surface area (Å²) in [7, 11) is 0. The molecule has 5 nitrogen and oxygen atoms in total. The zero-order valence-corrected chi connectivity index (χ0v) is 10.4. The molecule has 0 fully saturated rings. The van der Waals surface area contributed by atoms with E-state index in [-0.39, 0.29) is 0 Å². The van der Waals surface area contributed by atoms with Crippen LogP contribution in [0.3, 0.4) is 0 Å². The van der Waals surface area contributed by atoms with E-state index < -0.39 is 0 Å². The van der Waals surface area contributed by atoms with Crippen LogP contribution in [0.5, 0.6) is 0 Å². The Morgan fingerprint density at radius 2 is 2.35 bits per heavy atom. The first-order chi connectivity index (χ1) is 8.31. The number of hydrogen-bond donors (Lipinski definition) is 1. The van der Waals surface area contributed by atoms with Crippen molar-refractivity contribution < 1.29 is 4.74 Å². The van der Waals surface area contributed by atoms with Gasteiger partial charge in [-0.25, -0.2) is 9.50 Å². The first-order valence-corrected chi connectivity index (χ1v) is 6.03. The Labute approximate surface area is 105 Å². The van der Waals surface area contributed by atoms with Gasteiger partial charge in [-0.3, -0.25) is 0 Å². The van der Waals surface area contributed by atoms with E-state index in [1.54, 1.807) is 6.20 Å². The molecule has 0 bridgehead atoms. The van der Waals surface area contributed by atoms with Crippen molar-refractivity contribution >= 4 is 22.9 Å². The van der Waals surface area contributed by atoms with Gasteiger partial charge < -0.3 is 10.1 Å². The van der Waals surface area contributed by atoms with Crippen LogP contribution >= 0.6 is 11.6 Å². The molecule has 0 unspecified atom stereocenters. The van der Waals surface area contributed by atoms with Crippen LogP contribution in [0.15, 0.2) is 18.5 Å². The van der Waals surface area contributed by atoms with Crippen LogP contribution in [0.4, 0.5) is 5.82 Å². The van der Waals surface area contributed by atoms with E-state index in [4.69, 9.17) is 16.3 Å². The number of aromatic nitrogens is 3. The van der Waals surface area contributed by atoms with Gasteiger partial charge in [0.05, 0.1) is 18.9 Å². The zero-order valence-electron chi connectivity index (χ0n) is 9.69. The Kier molecular flexibility index (Phi) is 4.17. The Bertz CT molecular complexity index is 485. The zero-order chi connectivity index (χ0) is 12.1. The summed E-state index contributed by atoms with van der Waals surface area (Å²) < 4.78 is 7.09. The maximum atomic E-state index is 5.51. The molecular formula is C11H15ClN4O. The number of anilines is 1. The van der Waals surface area contributed by atoms with E-state index in [1.165, 1.54) is 0 Å². The molecule has 17 heavy (non-hydrogen) atoms. The molecule has 0 radical (unpaired) electrons. The highest BCUT2D eigenvalue weighted by molar-refractivity contribution is 6.17. The van der Waals surface area contributed by atoms with Crippen molar-refractivity contribution in [1.29, 1.82) is 0 Å². The SMILES string of the molecule is Cc1cc2c(NCCOCCCl)nccn2n1. The van der Waals surface area contributed by atoms with Crippen molar-refractivity contribution in [2.75, 3.05) is 31.0 Å². The Balaban J connectivity index is 1.98. The van der Waals surface area contributed by atoms with Crippen molar-refractivity contribution in [2.24, 2.45) is 0 Å². The van der Waals surface area contributed by atoms with Gasteiger partial charge >= 0.3 is 0 Å². The topological polar surface area (TPSA) is 51.5 Å². The molecule has 0 saturated heterocycles. The van der Waals surface area contributed by atoms with Crippen molar-refractivity contribution in [3.05, 3.63) is 24.2 Å². The maximum Gasteiger partial charge on any atom is 0.152 e. The van der Waals surface area contributed by atoms with E-state index in [1.807, 2.05) is 23.7 Å². The number of rotatable bonds is 6. The minimum atomic E-state index is 0.523. The molecule has 0 aromatic carbocycles. The monoisotopic (exact) mass is 254 g/mol. The summed E-state index contributed by atoms with van der Waals surface area (Å²) in [6.45, 7) is 3.85. The van der Waals surface area contributed by atoms with Crippen LogP contribution in [-0.2, 0) is 4.74 Å². The van der Waals surface area contributed by atoms with Gasteiger partial charge in [0.1, 0.15) is 5.52 Å². The van der Waals surface area contributed by atoms with Crippen molar-refractivity contribution in [3.8, 4) is 0 Å². The molecule has 2 aromatic heterocycles. The minimum absolute atomic E-state index is 0.523. The van der Waals surface area contributed by atoms with E-state index in [0.29, 0.717) is 25.6 Å². The van der Waals surface area contributed by atoms with Crippen molar-refractivity contribution in [3.63, 3.8) is 0 Å². The number of halogens is 1. The summed E-state index contributed by atoms with van der Waals surface area (Å²) >= 11 is 5.51. The minimum Gasteiger partial charge on any atom is -0.378 e. The average Bonchev–Trinajstić information content (AvgIpc) is 2.70. The number of hydrogen-bond acceptors (Lipinski definition) is 4. The van der Waals surface area contributed by atoms with Gasteiger partial charge in [-0.2, -0.15) is 5.10 Å². The third kappa shape index (κ3) is 3.08. The standard InChI is InChI=1S/C11H15ClN4O/c1-9-8-10-11(13-3-5-16(10)15-9)14-4-7-17-6-2-12/h3,5,8H,2,4,6-7H2,1H3,(H,13,14). The number of alkyl halides is 1. The van der Waals surface area contributed by atoms with Gasteiger partial charge in [0, 0.05) is 24.8 Å². The number of nitrogens with zero attached hydrogens (tertiary/aromatic N) is 3. The molecule has 0 atom stereocenters. The lowest BCUT2D eigenvalue weighted by molar-refractivity contribution is 0.160. The Morgan fingerprint density at radius 1 is 1.47 bits per heavy atom. The first kappa shape index (κ1) is 12.1. The maximum absolute atomic E-state index is 5.51. The lowest BCUT2D eigenvalue weighted by Crippen LogP contribution is -2.12. The normalized spacial score (nSPS) is 10.9. The van der Waals surface area contributed by atoms with Crippen LogP contribution < -0.4 is 5.32 Å². The predicted octanol–water partition coefficient (Wildman–Crippen LogP) is 1.71. The van der Waals surface area contributed by atoms with Crippen LogP contribution in [0.1, 0.15) is 5.69 Å². The predicted molar refractivity (Wildman–Crippen MR) is 67.8 cm³/mol. The smallest absolute Gasteiger partial charge is 0.152 e. The summed E-state index contributed by atoms with van der Waals surface area (Å²) in [4.78, 5) is 4.28. The number of ether oxygens (including phenoxy) is 1. The van der Waals surface area contributed by atoms with Gasteiger partial charge in [-0.1, -0.05) is 0 Å². The van der Waals surface area contributed by atoms with E-state index in [2.05, 4.69) is 15.4 Å². The third-order valence-corrected chi connectivity index (χ3v) is 2.43. The fourth-order valence-corrected chi connectivity index (χ4v) is 1.69. The lowest BCUT2D eigenvalue weighted by Gasteiger charge is -2.06. The van der Waals surface area contributed by atoms with E-state index in [0.717, 1.165) is 17.0 Å². The molecule has 2 aromatic rings. The summed E-state index contributed by atoms with van der Waals surface area (Å²) in [6, 6.07) is 1.99. The first-order valence-electron chi connectivity index (χ1n) is 5.50. The van der Waals surface area contributed by atoms with Gasteiger partial charge in [0.2, 0.25) is 0 Å². The summed E-state index contributed by atoms with van der Waals surface area (Å²) in [6.07, 6.45) is 3.55. The van der Waals surface area contributed by atoms with Crippen molar-refractivity contribution in [1.82, 2.24) is 14.6 Å². The van der Waals surface area contributed by atoms with E-state index in [9.17, 15) is 0 Å². The molecule has 2 heterocycles. The number of aryl methyl sites for hydroxylation is 1. The summed E-state index contributed by atoms with van der Waals surface area (Å²) in [5.74, 6) is 1.35. The fourth-order valence-electron chi connectivity index (χ4n) is 1.58. The molecular weight excluding hydrogens is 240 g/mol. The Morgan fingerprint density at radius 3 is 3.18 bits per heavy atom. The van der Waals surface area contributed by atoms with Crippen molar-refractivity contribution in [2.45, 2.75) is 6.92 Å². The molecule has 92 valence electrons. The van der Waals surface area contributed by atoms with Crippen LogP contribution in [0.25, 0.3) is 5.52 Å². The molecule has 0 aliphatic rings. The molecule has 0 spiro atoms. The highest BCUT2D eigenvalue weighted by Crippen LogP contribution is 2.13. The van der Waals surface area contributed by atoms with Gasteiger partial charge in [-0.15, -0.1) is 11.6 Å².